The van der Waals surface area contributed by atoms with Crippen molar-refractivity contribution in [3.8, 4) is 34.5 Å². The predicted molar refractivity (Wildman–Crippen MR) is 281 cm³/mol. The molecular weight excluding hydrogens is 861 g/mol. The average Bonchev–Trinajstić information content (AvgIpc) is 4.16. The molecule has 0 fully saturated rings. The van der Waals surface area contributed by atoms with Gasteiger partial charge in [0.25, 0.3) is 0 Å². The number of hydrogen-bond acceptors (Lipinski definition) is 9. The van der Waals surface area contributed by atoms with E-state index in [4.69, 9.17) is 43.4 Å². The molecule has 0 saturated carbocycles. The topological polar surface area (TPSA) is 108 Å². The number of aliphatic imine (C=N–C) groups is 3. The second kappa shape index (κ2) is 22.5. The molecule has 8 rings (SSSR count). The number of benzene rings is 3. The van der Waals surface area contributed by atoms with E-state index in [0.717, 1.165) is 116 Å². The first-order chi connectivity index (χ1) is 33.4. The maximum Gasteiger partial charge on any atom is 0.176 e. The number of ether oxygens (including phenoxy) is 6. The Morgan fingerprint density at radius 1 is 0.507 bits per heavy atom. The molecule has 4 aliphatic heterocycles. The number of rotatable bonds is 21. The van der Waals surface area contributed by atoms with Crippen molar-refractivity contribution in [2.45, 2.75) is 87.5 Å². The van der Waals surface area contributed by atoms with Gasteiger partial charge in [-0.25, -0.2) is 9.98 Å². The maximum absolute atomic E-state index is 6.86. The van der Waals surface area contributed by atoms with Crippen LogP contribution in [0.5, 0.6) is 34.5 Å². The Morgan fingerprint density at radius 3 is 1.55 bits per heavy atom. The third-order valence-electron chi connectivity index (χ3n) is 12.1. The van der Waals surface area contributed by atoms with Gasteiger partial charge in [0.15, 0.2) is 5.76 Å². The molecule has 1 N–H and O–H groups in total. The van der Waals surface area contributed by atoms with Crippen molar-refractivity contribution in [1.82, 2.24) is 4.98 Å². The summed E-state index contributed by atoms with van der Waals surface area (Å²) < 4.78 is 38.1. The van der Waals surface area contributed by atoms with E-state index in [9.17, 15) is 0 Å². The van der Waals surface area contributed by atoms with Gasteiger partial charge in [-0.1, -0.05) is 61.5 Å². The molecule has 8 bridgehead atoms. The Labute approximate surface area is 408 Å². The van der Waals surface area contributed by atoms with Crippen molar-refractivity contribution in [3.63, 3.8) is 0 Å². The first kappa shape index (κ1) is 48.6. The van der Waals surface area contributed by atoms with Gasteiger partial charge in [0.1, 0.15) is 40.2 Å². The standard InChI is InChI=1S/C59H68N4O6/c1-37(2)22-26-65-47-30-41(31-48(35-47)66-27-23-38(3)4)57-51-16-10-43(60-51)34-44-11-17-52(61-44)58(42-32-49(67-28-24-39(5)6)36-50(33-42)68-29-25-40(7)8)54-19-21-56(63-54)59(55-20-18-53(57)62-55)69-46-14-12-45(64-9)13-15-46/h10,12-21,30-40,62H,11,22-29H2,1-9H3. The van der Waals surface area contributed by atoms with E-state index in [0.29, 0.717) is 73.7 Å². The highest BCUT2D eigenvalue weighted by Gasteiger charge is 2.25. The lowest BCUT2D eigenvalue weighted by Crippen LogP contribution is -2.22. The summed E-state index contributed by atoms with van der Waals surface area (Å²) >= 11 is 0. The van der Waals surface area contributed by atoms with Crippen LogP contribution in [-0.4, -0.2) is 55.7 Å². The third kappa shape index (κ3) is 12.8. The highest BCUT2D eigenvalue weighted by molar-refractivity contribution is 6.30. The fourth-order valence-electron chi connectivity index (χ4n) is 8.06. The number of allylic oxidation sites excluding steroid dienone is 6. The Kier molecular flexibility index (Phi) is 15.9. The Balaban J connectivity index is 1.33. The molecule has 0 saturated heterocycles. The zero-order chi connectivity index (χ0) is 48.4. The summed E-state index contributed by atoms with van der Waals surface area (Å²) in [5, 5.41) is 1.57. The van der Waals surface area contributed by atoms with Gasteiger partial charge in [0, 0.05) is 40.8 Å². The van der Waals surface area contributed by atoms with Crippen molar-refractivity contribution < 1.29 is 28.4 Å². The van der Waals surface area contributed by atoms with Crippen LogP contribution in [0.1, 0.15) is 98.6 Å². The molecule has 10 heteroatoms. The van der Waals surface area contributed by atoms with E-state index in [1.165, 1.54) is 0 Å². The quantitative estimate of drug-likeness (QED) is 0.0892. The smallest absolute Gasteiger partial charge is 0.176 e. The molecule has 0 spiro atoms. The SMILES string of the molecule is COc1ccc(OC2=c3ccc([nH]3)=C(c3cc(OCCC(C)C)cc(OCCC(C)C)c3)C3=NC(=CC4=NC(=CC4)C(c4cc(OCCC(C)C)cc(OCCC(C)C)c4)=C4C=CC2=N4)C=C3)cc1. The summed E-state index contributed by atoms with van der Waals surface area (Å²) in [5.74, 6) is 6.91. The van der Waals surface area contributed by atoms with Crippen LogP contribution in [0.25, 0.3) is 16.9 Å². The normalized spacial score (nSPS) is 15.3. The molecule has 0 atom stereocenters. The number of methoxy groups -OCH3 is 1. The van der Waals surface area contributed by atoms with Gasteiger partial charge < -0.3 is 33.4 Å². The van der Waals surface area contributed by atoms with Gasteiger partial charge >= 0.3 is 0 Å². The van der Waals surface area contributed by atoms with E-state index in [2.05, 4.69) is 115 Å². The molecule has 10 nitrogen and oxygen atoms in total. The number of aromatic nitrogens is 1. The molecule has 0 amide bonds. The molecule has 1 aromatic heterocycles. The zero-order valence-electron chi connectivity index (χ0n) is 41.9. The average molecular weight is 929 g/mol. The van der Waals surface area contributed by atoms with Crippen molar-refractivity contribution in [2.24, 2.45) is 38.6 Å². The number of H-pyrrole nitrogens is 1. The lowest BCUT2D eigenvalue weighted by atomic mass is 9.99. The van der Waals surface area contributed by atoms with Gasteiger partial charge in [-0.15, -0.1) is 0 Å². The summed E-state index contributed by atoms with van der Waals surface area (Å²) in [6.07, 6.45) is 16.8. The summed E-state index contributed by atoms with van der Waals surface area (Å²) in [6.45, 7) is 20.0. The van der Waals surface area contributed by atoms with Gasteiger partial charge in [0.2, 0.25) is 0 Å². The first-order valence-electron chi connectivity index (χ1n) is 24.7. The highest BCUT2D eigenvalue weighted by Crippen LogP contribution is 2.39. The molecule has 0 unspecified atom stereocenters. The molecule has 3 aromatic carbocycles. The lowest BCUT2D eigenvalue weighted by molar-refractivity contribution is 0.275. The second-order valence-electron chi connectivity index (χ2n) is 19.7. The molecule has 69 heavy (non-hydrogen) atoms. The number of aromatic amines is 1. The van der Waals surface area contributed by atoms with Crippen molar-refractivity contribution in [3.05, 3.63) is 148 Å². The highest BCUT2D eigenvalue weighted by atomic mass is 16.5. The van der Waals surface area contributed by atoms with E-state index < -0.39 is 0 Å². The molecule has 5 heterocycles. The van der Waals surface area contributed by atoms with Crippen LogP contribution in [0.2, 0.25) is 0 Å². The van der Waals surface area contributed by atoms with Crippen LogP contribution in [0.15, 0.2) is 141 Å². The molecule has 4 aliphatic rings. The molecule has 4 aromatic rings. The minimum Gasteiger partial charge on any atom is -0.497 e. The lowest BCUT2D eigenvalue weighted by Gasteiger charge is -2.16. The predicted octanol–water partition coefficient (Wildman–Crippen LogP) is 12.2. The minimum absolute atomic E-state index is 0.507. The van der Waals surface area contributed by atoms with Gasteiger partial charge in [-0.2, -0.15) is 0 Å². The van der Waals surface area contributed by atoms with Crippen LogP contribution >= 0.6 is 0 Å². The summed E-state index contributed by atoms with van der Waals surface area (Å²) in [4.78, 5) is 19.7. The van der Waals surface area contributed by atoms with E-state index in [-0.39, 0.29) is 0 Å². The molecule has 0 aliphatic carbocycles. The molecular formula is C59H68N4O6. The van der Waals surface area contributed by atoms with E-state index in [1.54, 1.807) is 7.11 Å². The van der Waals surface area contributed by atoms with Crippen LogP contribution in [0, 0.1) is 23.7 Å². The number of hydrogen-bond donors (Lipinski definition) is 1. The first-order valence-corrected chi connectivity index (χ1v) is 24.7. The minimum atomic E-state index is 0.507. The van der Waals surface area contributed by atoms with E-state index >= 15 is 0 Å². The van der Waals surface area contributed by atoms with Gasteiger partial charge in [0.05, 0.1) is 61.7 Å². The summed E-state index contributed by atoms with van der Waals surface area (Å²) in [5.41, 5.74) is 8.24. The molecule has 0 radical (unpaired) electrons. The van der Waals surface area contributed by atoms with E-state index in [1.807, 2.05) is 54.6 Å². The fourth-order valence-corrected chi connectivity index (χ4v) is 8.06. The van der Waals surface area contributed by atoms with Gasteiger partial charge in [-0.3, -0.25) is 4.99 Å². The Bertz CT molecular complexity index is 2820. The Hall–Kier alpha value is -6.81. The van der Waals surface area contributed by atoms with Crippen molar-refractivity contribution >= 4 is 34.0 Å². The largest absolute Gasteiger partial charge is 0.497 e. The number of nitrogens with zero attached hydrogens (tertiary/aromatic N) is 3. The summed E-state index contributed by atoms with van der Waals surface area (Å²) in [6, 6.07) is 24.0. The Morgan fingerprint density at radius 2 is 1.01 bits per heavy atom. The van der Waals surface area contributed by atoms with Crippen LogP contribution < -0.4 is 39.1 Å². The van der Waals surface area contributed by atoms with Gasteiger partial charge in [-0.05, 0) is 152 Å². The summed E-state index contributed by atoms with van der Waals surface area (Å²) in [7, 11) is 1.66. The van der Waals surface area contributed by atoms with Crippen LogP contribution in [0.4, 0.5) is 0 Å². The fraction of sp³-hybridized carbons (Fsp3) is 0.373. The molecule has 360 valence electrons. The number of fused-ring (bicyclic) bond motifs is 5. The monoisotopic (exact) mass is 929 g/mol. The van der Waals surface area contributed by atoms with Crippen LogP contribution in [0.3, 0.4) is 0 Å². The number of nitrogens with one attached hydrogen (secondary N) is 1. The second-order valence-corrected chi connectivity index (χ2v) is 19.7. The third-order valence-corrected chi connectivity index (χ3v) is 12.1. The van der Waals surface area contributed by atoms with Crippen molar-refractivity contribution in [2.75, 3.05) is 33.5 Å². The zero-order valence-corrected chi connectivity index (χ0v) is 41.9. The maximum atomic E-state index is 6.86. The van der Waals surface area contributed by atoms with Crippen LogP contribution in [-0.2, 0) is 0 Å². The van der Waals surface area contributed by atoms with Crippen molar-refractivity contribution in [1.29, 1.82) is 0 Å².